The fourth-order valence-electron chi connectivity index (χ4n) is 3.89. The first-order valence-electron chi connectivity index (χ1n) is 10.4. The molecule has 156 valence electrons. The third-order valence-electron chi connectivity index (χ3n) is 5.58. The molecule has 1 aliphatic heterocycles. The van der Waals surface area contributed by atoms with Gasteiger partial charge in [0.1, 0.15) is 0 Å². The van der Waals surface area contributed by atoms with Crippen molar-refractivity contribution in [2.24, 2.45) is 0 Å². The van der Waals surface area contributed by atoms with Crippen molar-refractivity contribution >= 4 is 32.4 Å². The van der Waals surface area contributed by atoms with Crippen LogP contribution in [-0.2, 0) is 21.2 Å². The van der Waals surface area contributed by atoms with Crippen LogP contribution in [0.5, 0.6) is 0 Å². The molecule has 0 bridgehead atoms. The molecule has 6 heteroatoms. The molecule has 4 rings (SSSR count). The Labute approximate surface area is 177 Å². The van der Waals surface area contributed by atoms with E-state index in [1.54, 1.807) is 16.4 Å². The van der Waals surface area contributed by atoms with Crippen molar-refractivity contribution in [2.75, 3.05) is 18.4 Å². The molecule has 0 aromatic heterocycles. The van der Waals surface area contributed by atoms with Gasteiger partial charge in [-0.15, -0.1) is 0 Å². The van der Waals surface area contributed by atoms with E-state index in [1.807, 2.05) is 54.6 Å². The zero-order valence-corrected chi connectivity index (χ0v) is 17.7. The molecule has 3 aromatic rings. The molecule has 5 nitrogen and oxygen atoms in total. The largest absolute Gasteiger partial charge is 0.326 e. The van der Waals surface area contributed by atoms with E-state index in [-0.39, 0.29) is 5.91 Å². The lowest BCUT2D eigenvalue weighted by Crippen LogP contribution is -2.35. The number of nitrogens with zero attached hydrogens (tertiary/aromatic N) is 1. The number of hydrogen-bond donors (Lipinski definition) is 1. The molecule has 1 fully saturated rings. The Hall–Kier alpha value is -2.70. The van der Waals surface area contributed by atoms with Crippen molar-refractivity contribution < 1.29 is 13.2 Å². The molecule has 1 heterocycles. The average molecular weight is 423 g/mol. The van der Waals surface area contributed by atoms with Gasteiger partial charge in [0.2, 0.25) is 15.9 Å². The summed E-state index contributed by atoms with van der Waals surface area (Å²) in [6.45, 7) is 1.19. The maximum atomic E-state index is 12.7. The van der Waals surface area contributed by atoms with Crippen molar-refractivity contribution in [3.05, 3.63) is 72.3 Å². The molecule has 0 saturated carbocycles. The van der Waals surface area contributed by atoms with Gasteiger partial charge in [0.25, 0.3) is 0 Å². The van der Waals surface area contributed by atoms with E-state index in [1.165, 1.54) is 0 Å². The molecule has 1 N–H and O–H groups in total. The van der Waals surface area contributed by atoms with Gasteiger partial charge in [-0.05, 0) is 48.4 Å². The van der Waals surface area contributed by atoms with Crippen molar-refractivity contribution in [1.82, 2.24) is 4.31 Å². The van der Waals surface area contributed by atoms with Gasteiger partial charge in [-0.25, -0.2) is 8.42 Å². The minimum atomic E-state index is -3.42. The first-order chi connectivity index (χ1) is 14.5. The van der Waals surface area contributed by atoms with Gasteiger partial charge in [-0.2, -0.15) is 4.31 Å². The topological polar surface area (TPSA) is 66.5 Å². The van der Waals surface area contributed by atoms with Crippen LogP contribution in [0.1, 0.15) is 31.2 Å². The number of aryl methyl sites for hydroxylation is 1. The second-order valence-electron chi connectivity index (χ2n) is 7.68. The number of amides is 1. The number of hydrogen-bond acceptors (Lipinski definition) is 3. The number of fused-ring (bicyclic) bond motifs is 1. The molecule has 1 aliphatic rings. The highest BCUT2D eigenvalue weighted by Gasteiger charge is 2.25. The molecule has 0 radical (unpaired) electrons. The van der Waals surface area contributed by atoms with Crippen LogP contribution in [0.25, 0.3) is 10.8 Å². The minimum Gasteiger partial charge on any atom is -0.326 e. The molecule has 1 amide bonds. The maximum Gasteiger partial charge on any atom is 0.243 e. The Morgan fingerprint density at radius 1 is 0.867 bits per heavy atom. The van der Waals surface area contributed by atoms with E-state index < -0.39 is 10.0 Å². The Balaban J connectivity index is 1.37. The van der Waals surface area contributed by atoms with Gasteiger partial charge in [0, 0.05) is 30.6 Å². The summed E-state index contributed by atoms with van der Waals surface area (Å²) in [6.07, 6.45) is 3.82. The molecular weight excluding hydrogens is 396 g/mol. The minimum absolute atomic E-state index is 0.0589. The molecular formula is C24H26N2O3S. The predicted octanol–water partition coefficient (Wildman–Crippen LogP) is 4.59. The Morgan fingerprint density at radius 2 is 1.57 bits per heavy atom. The van der Waals surface area contributed by atoms with Gasteiger partial charge < -0.3 is 5.32 Å². The highest BCUT2D eigenvalue weighted by molar-refractivity contribution is 7.89. The van der Waals surface area contributed by atoms with Crippen molar-refractivity contribution in [1.29, 1.82) is 0 Å². The van der Waals surface area contributed by atoms with Crippen LogP contribution in [0.4, 0.5) is 5.69 Å². The first-order valence-corrected chi connectivity index (χ1v) is 11.8. The third-order valence-corrected chi connectivity index (χ3v) is 7.49. The van der Waals surface area contributed by atoms with Gasteiger partial charge in [-0.3, -0.25) is 4.79 Å². The van der Waals surface area contributed by atoms with Gasteiger partial charge in [-0.1, -0.05) is 55.0 Å². The summed E-state index contributed by atoms with van der Waals surface area (Å²) in [4.78, 5) is 12.8. The molecule has 0 atom stereocenters. The van der Waals surface area contributed by atoms with E-state index in [0.717, 1.165) is 41.3 Å². The van der Waals surface area contributed by atoms with Crippen LogP contribution in [-0.4, -0.2) is 31.7 Å². The Morgan fingerprint density at radius 3 is 2.33 bits per heavy atom. The summed E-state index contributed by atoms with van der Waals surface area (Å²) < 4.78 is 27.0. The smallest absolute Gasteiger partial charge is 0.243 e. The Kier molecular flexibility index (Phi) is 6.16. The lowest BCUT2D eigenvalue weighted by molar-refractivity contribution is -0.116. The Bertz CT molecular complexity index is 1130. The standard InChI is InChI=1S/C24H26N2O3S/c27-24(25-23-10-6-8-20-7-2-3-9-22(20)23)16-13-19-11-14-21(15-12-19)30(28,29)26-17-4-1-5-18-26/h2-3,6-12,14-15H,1,4-5,13,16-18H2,(H,25,27). The fraction of sp³-hybridized carbons (Fsp3) is 0.292. The number of benzene rings is 3. The third kappa shape index (κ3) is 4.55. The number of piperidine rings is 1. The molecule has 0 unspecified atom stereocenters. The van der Waals surface area contributed by atoms with Gasteiger partial charge in [0.15, 0.2) is 0 Å². The zero-order valence-electron chi connectivity index (χ0n) is 16.9. The fourth-order valence-corrected chi connectivity index (χ4v) is 5.40. The van der Waals surface area contributed by atoms with Gasteiger partial charge in [0.05, 0.1) is 4.90 Å². The summed E-state index contributed by atoms with van der Waals surface area (Å²) in [7, 11) is -3.42. The van der Waals surface area contributed by atoms with Gasteiger partial charge >= 0.3 is 0 Å². The maximum absolute atomic E-state index is 12.7. The molecule has 0 spiro atoms. The number of rotatable bonds is 6. The number of anilines is 1. The summed E-state index contributed by atoms with van der Waals surface area (Å²) >= 11 is 0. The summed E-state index contributed by atoms with van der Waals surface area (Å²) in [6, 6.07) is 20.7. The number of carbonyl (C=O) groups excluding carboxylic acids is 1. The zero-order chi connectivity index (χ0) is 21.0. The van der Waals surface area contributed by atoms with E-state index in [0.29, 0.717) is 30.8 Å². The van der Waals surface area contributed by atoms with E-state index >= 15 is 0 Å². The van der Waals surface area contributed by atoms with Crippen LogP contribution >= 0.6 is 0 Å². The van der Waals surface area contributed by atoms with E-state index in [4.69, 9.17) is 0 Å². The van der Waals surface area contributed by atoms with Crippen LogP contribution in [0.3, 0.4) is 0 Å². The van der Waals surface area contributed by atoms with Crippen LogP contribution in [0, 0.1) is 0 Å². The normalized spacial score (nSPS) is 15.2. The lowest BCUT2D eigenvalue weighted by Gasteiger charge is -2.25. The van der Waals surface area contributed by atoms with Crippen molar-refractivity contribution in [3.8, 4) is 0 Å². The summed E-state index contributed by atoms with van der Waals surface area (Å²) in [5.41, 5.74) is 1.75. The second kappa shape index (κ2) is 8.98. The monoisotopic (exact) mass is 422 g/mol. The quantitative estimate of drug-likeness (QED) is 0.632. The highest BCUT2D eigenvalue weighted by atomic mass is 32.2. The van der Waals surface area contributed by atoms with E-state index in [9.17, 15) is 13.2 Å². The lowest BCUT2D eigenvalue weighted by atomic mass is 10.1. The van der Waals surface area contributed by atoms with Crippen molar-refractivity contribution in [2.45, 2.75) is 37.0 Å². The van der Waals surface area contributed by atoms with Crippen LogP contribution in [0.15, 0.2) is 71.6 Å². The first kappa shape index (κ1) is 20.6. The summed E-state index contributed by atoms with van der Waals surface area (Å²) in [5, 5.41) is 5.09. The molecule has 30 heavy (non-hydrogen) atoms. The molecule has 0 aliphatic carbocycles. The van der Waals surface area contributed by atoms with Crippen LogP contribution < -0.4 is 5.32 Å². The number of carbonyl (C=O) groups is 1. The van der Waals surface area contributed by atoms with Crippen LogP contribution in [0.2, 0.25) is 0 Å². The number of nitrogens with one attached hydrogen (secondary N) is 1. The molecule has 1 saturated heterocycles. The average Bonchev–Trinajstić information content (AvgIpc) is 2.79. The summed E-state index contributed by atoms with van der Waals surface area (Å²) in [5.74, 6) is -0.0589. The molecule has 3 aromatic carbocycles. The SMILES string of the molecule is O=C(CCc1ccc(S(=O)(=O)N2CCCCC2)cc1)Nc1cccc2ccccc12. The predicted molar refractivity (Wildman–Crippen MR) is 120 cm³/mol. The number of sulfonamides is 1. The second-order valence-corrected chi connectivity index (χ2v) is 9.62. The van der Waals surface area contributed by atoms with E-state index in [2.05, 4.69) is 5.32 Å². The van der Waals surface area contributed by atoms with Crippen molar-refractivity contribution in [3.63, 3.8) is 0 Å². The highest BCUT2D eigenvalue weighted by Crippen LogP contribution is 2.24.